The van der Waals surface area contributed by atoms with Gasteiger partial charge in [-0.2, -0.15) is 0 Å². The summed E-state index contributed by atoms with van der Waals surface area (Å²) >= 11 is 0. The molecular weight excluding hydrogens is 612 g/mol. The van der Waals surface area contributed by atoms with Gasteiger partial charge in [0.05, 0.1) is 24.6 Å². The molecule has 0 aromatic heterocycles. The van der Waals surface area contributed by atoms with E-state index in [-0.39, 0.29) is 24.0 Å². The molecule has 0 spiro atoms. The van der Waals surface area contributed by atoms with Crippen molar-refractivity contribution in [2.24, 2.45) is 0 Å². The average molecular weight is 649 g/mol. The van der Waals surface area contributed by atoms with Crippen LogP contribution in [0.5, 0.6) is 11.5 Å². The standard InChI is InChI=1S/C38H36N2O8/c1-39-31-17-15-27(21-29(31)33(41)37(45,35(39)43)23-25-11-5-3-6-12-25)47-19-9-10-20-48-28-16-18-32-30(22-28)34(42)38(46,36(44)40(32)2)24-26-13-7-4-8-14-26/h3-8,11-18,21-22,45-46H,9-10,19-20,23-24H2,1-2H3. The van der Waals surface area contributed by atoms with Gasteiger partial charge in [-0.25, -0.2) is 0 Å². The Labute approximate surface area is 278 Å². The maximum Gasteiger partial charge on any atom is 0.267 e. The Bertz CT molecular complexity index is 1740. The normalized spacial score (nSPS) is 20.4. The highest BCUT2D eigenvalue weighted by Crippen LogP contribution is 2.37. The van der Waals surface area contributed by atoms with Gasteiger partial charge >= 0.3 is 0 Å². The fourth-order valence-corrected chi connectivity index (χ4v) is 6.25. The zero-order valence-corrected chi connectivity index (χ0v) is 26.7. The molecule has 0 saturated heterocycles. The fraction of sp³-hybridized carbons (Fsp3) is 0.263. The lowest BCUT2D eigenvalue weighted by atomic mass is 9.82. The highest BCUT2D eigenvalue weighted by molar-refractivity contribution is 6.28. The Balaban J connectivity index is 1.05. The van der Waals surface area contributed by atoms with Crippen molar-refractivity contribution in [3.05, 3.63) is 119 Å². The first-order chi connectivity index (χ1) is 23.0. The molecule has 0 saturated carbocycles. The quantitative estimate of drug-likeness (QED) is 0.183. The molecule has 2 N–H and O–H groups in total. The molecule has 10 nitrogen and oxygen atoms in total. The van der Waals surface area contributed by atoms with Crippen LogP contribution in [0.15, 0.2) is 97.1 Å². The van der Waals surface area contributed by atoms with Gasteiger partial charge in [-0.3, -0.25) is 19.2 Å². The maximum absolute atomic E-state index is 13.4. The third-order valence-electron chi connectivity index (χ3n) is 8.90. The Kier molecular flexibility index (Phi) is 8.87. The third-order valence-corrected chi connectivity index (χ3v) is 8.90. The molecule has 2 unspecified atom stereocenters. The molecule has 0 fully saturated rings. The number of nitrogens with zero attached hydrogens (tertiary/aromatic N) is 2. The van der Waals surface area contributed by atoms with Crippen LogP contribution in [0.25, 0.3) is 0 Å². The van der Waals surface area contributed by atoms with Crippen LogP contribution < -0.4 is 19.3 Å². The number of benzene rings is 4. The first-order valence-electron chi connectivity index (χ1n) is 15.7. The van der Waals surface area contributed by atoms with Gasteiger partial charge in [0.1, 0.15) is 11.5 Å². The molecule has 0 radical (unpaired) electrons. The second kappa shape index (κ2) is 13.1. The van der Waals surface area contributed by atoms with Gasteiger partial charge in [0, 0.05) is 38.1 Å². The topological polar surface area (TPSA) is 134 Å². The number of hydrogen-bond acceptors (Lipinski definition) is 8. The Morgan fingerprint density at radius 1 is 0.562 bits per heavy atom. The van der Waals surface area contributed by atoms with Gasteiger partial charge < -0.3 is 29.5 Å². The molecule has 2 atom stereocenters. The van der Waals surface area contributed by atoms with Crippen molar-refractivity contribution in [3.8, 4) is 11.5 Å². The van der Waals surface area contributed by atoms with Gasteiger partial charge in [-0.1, -0.05) is 60.7 Å². The molecule has 10 heteroatoms. The predicted octanol–water partition coefficient (Wildman–Crippen LogP) is 4.19. The van der Waals surface area contributed by atoms with Crippen LogP contribution in [0.4, 0.5) is 11.4 Å². The molecule has 4 aromatic rings. The zero-order valence-electron chi connectivity index (χ0n) is 26.7. The first kappa shape index (κ1) is 32.6. The molecule has 0 aliphatic carbocycles. The number of ether oxygens (including phenoxy) is 2. The van der Waals surface area contributed by atoms with Crippen molar-refractivity contribution >= 4 is 34.8 Å². The molecule has 48 heavy (non-hydrogen) atoms. The van der Waals surface area contributed by atoms with Crippen molar-refractivity contribution in [1.82, 2.24) is 0 Å². The van der Waals surface area contributed by atoms with Crippen molar-refractivity contribution in [2.45, 2.75) is 36.9 Å². The molecule has 2 amide bonds. The van der Waals surface area contributed by atoms with Crippen LogP contribution in [0, 0.1) is 0 Å². The van der Waals surface area contributed by atoms with Crippen molar-refractivity contribution in [2.75, 3.05) is 37.1 Å². The summed E-state index contributed by atoms with van der Waals surface area (Å²) in [5.74, 6) is -1.82. The summed E-state index contributed by atoms with van der Waals surface area (Å²) in [5.41, 5.74) is -1.87. The van der Waals surface area contributed by atoms with E-state index in [0.29, 0.717) is 60.1 Å². The lowest BCUT2D eigenvalue weighted by Gasteiger charge is -2.36. The van der Waals surface area contributed by atoms with Crippen LogP contribution in [-0.4, -0.2) is 72.1 Å². The third kappa shape index (κ3) is 5.96. The zero-order chi connectivity index (χ0) is 34.1. The highest BCUT2D eigenvalue weighted by atomic mass is 16.5. The van der Waals surface area contributed by atoms with Gasteiger partial charge in [0.25, 0.3) is 11.8 Å². The number of amides is 2. The average Bonchev–Trinajstić information content (AvgIpc) is 3.10. The minimum Gasteiger partial charge on any atom is -0.494 e. The van der Waals surface area contributed by atoms with E-state index < -0.39 is 34.6 Å². The lowest BCUT2D eigenvalue weighted by Crippen LogP contribution is -2.58. The largest absolute Gasteiger partial charge is 0.494 e. The number of Topliss-reactive ketones (excluding diaryl/α,β-unsaturated/α-hetero) is 2. The van der Waals surface area contributed by atoms with E-state index in [4.69, 9.17) is 9.47 Å². The van der Waals surface area contributed by atoms with Crippen molar-refractivity contribution in [1.29, 1.82) is 0 Å². The number of carbonyl (C=O) groups excluding carboxylic acids is 4. The number of ketones is 2. The molecule has 2 aliphatic heterocycles. The number of unbranched alkanes of at least 4 members (excludes halogenated alkanes) is 1. The van der Waals surface area contributed by atoms with E-state index in [1.165, 1.54) is 23.9 Å². The maximum atomic E-state index is 13.4. The summed E-state index contributed by atoms with van der Waals surface area (Å²) in [6.07, 6.45) is 0.947. The fourth-order valence-electron chi connectivity index (χ4n) is 6.25. The van der Waals surface area contributed by atoms with Gasteiger partial charge in [-0.15, -0.1) is 0 Å². The Morgan fingerprint density at radius 2 is 0.938 bits per heavy atom. The van der Waals surface area contributed by atoms with E-state index in [1.807, 2.05) is 12.1 Å². The summed E-state index contributed by atoms with van der Waals surface area (Å²) in [4.78, 5) is 55.6. The minimum absolute atomic E-state index is 0.137. The van der Waals surface area contributed by atoms with Crippen LogP contribution in [0.2, 0.25) is 0 Å². The van der Waals surface area contributed by atoms with E-state index >= 15 is 0 Å². The smallest absolute Gasteiger partial charge is 0.267 e. The second-order valence-corrected chi connectivity index (χ2v) is 12.2. The monoisotopic (exact) mass is 648 g/mol. The van der Waals surface area contributed by atoms with Gasteiger partial charge in [-0.05, 0) is 60.4 Å². The SMILES string of the molecule is CN1C(=O)C(O)(Cc2ccccc2)C(=O)c2cc(OCCCCOc3ccc4c(c3)C(=O)C(O)(Cc3ccccc3)C(=O)N4C)ccc21. The van der Waals surface area contributed by atoms with Crippen LogP contribution in [0.3, 0.4) is 0 Å². The summed E-state index contributed by atoms with van der Waals surface area (Å²) in [6, 6.07) is 27.6. The molecule has 0 bridgehead atoms. The summed E-state index contributed by atoms with van der Waals surface area (Å²) in [5, 5.41) is 22.6. The summed E-state index contributed by atoms with van der Waals surface area (Å²) in [7, 11) is 3.07. The van der Waals surface area contributed by atoms with Gasteiger partial charge in [0.2, 0.25) is 22.8 Å². The number of rotatable bonds is 11. The number of aliphatic hydroxyl groups is 2. The number of carbonyl (C=O) groups is 4. The highest BCUT2D eigenvalue weighted by Gasteiger charge is 2.52. The lowest BCUT2D eigenvalue weighted by molar-refractivity contribution is -0.133. The van der Waals surface area contributed by atoms with Gasteiger partial charge in [0.15, 0.2) is 0 Å². The first-order valence-corrected chi connectivity index (χ1v) is 15.7. The Morgan fingerprint density at radius 3 is 1.31 bits per heavy atom. The van der Waals surface area contributed by atoms with Crippen LogP contribution in [-0.2, 0) is 22.4 Å². The molecule has 246 valence electrons. The number of anilines is 2. The molecule has 2 aliphatic rings. The molecule has 2 heterocycles. The minimum atomic E-state index is -2.22. The molecule has 6 rings (SSSR count). The number of likely N-dealkylation sites (N-methyl/N-ethyl adjacent to an activating group) is 2. The van der Waals surface area contributed by atoms with E-state index in [9.17, 15) is 29.4 Å². The van der Waals surface area contributed by atoms with E-state index in [0.717, 1.165) is 0 Å². The van der Waals surface area contributed by atoms with Crippen molar-refractivity contribution in [3.63, 3.8) is 0 Å². The number of fused-ring (bicyclic) bond motifs is 2. The number of hydrogen-bond donors (Lipinski definition) is 2. The molecule has 4 aromatic carbocycles. The van der Waals surface area contributed by atoms with E-state index in [1.54, 1.807) is 84.9 Å². The van der Waals surface area contributed by atoms with Crippen LogP contribution >= 0.6 is 0 Å². The summed E-state index contributed by atoms with van der Waals surface area (Å²) in [6.45, 7) is 0.642. The second-order valence-electron chi connectivity index (χ2n) is 12.2. The van der Waals surface area contributed by atoms with Crippen LogP contribution in [0.1, 0.15) is 44.7 Å². The summed E-state index contributed by atoms with van der Waals surface area (Å²) < 4.78 is 11.8. The Hall–Kier alpha value is -5.32. The predicted molar refractivity (Wildman–Crippen MR) is 179 cm³/mol. The molecular formula is C38H36N2O8. The van der Waals surface area contributed by atoms with Crippen molar-refractivity contribution < 1.29 is 38.9 Å². The van der Waals surface area contributed by atoms with E-state index in [2.05, 4.69) is 0 Å².